The van der Waals surface area contributed by atoms with E-state index < -0.39 is 11.9 Å². The quantitative estimate of drug-likeness (QED) is 0.463. The molecule has 1 heterocycles. The summed E-state index contributed by atoms with van der Waals surface area (Å²) in [4.78, 5) is 0. The summed E-state index contributed by atoms with van der Waals surface area (Å²) < 4.78 is 40.7. The van der Waals surface area contributed by atoms with E-state index >= 15 is 0 Å². The van der Waals surface area contributed by atoms with Gasteiger partial charge >= 0.3 is 0 Å². The molecule has 0 spiro atoms. The Labute approximate surface area is 168 Å². The van der Waals surface area contributed by atoms with Gasteiger partial charge in [0, 0.05) is 5.57 Å². The first kappa shape index (κ1) is 19.5. The lowest BCUT2D eigenvalue weighted by molar-refractivity contribution is -0.176. The Balaban J connectivity index is 1.59. The van der Waals surface area contributed by atoms with Crippen LogP contribution >= 0.6 is 0 Å². The van der Waals surface area contributed by atoms with Gasteiger partial charge in [-0.3, -0.25) is 0 Å². The molecule has 0 aromatic heterocycles. The highest BCUT2D eigenvalue weighted by Gasteiger charge is 2.68. The first-order chi connectivity index (χ1) is 13.1. The first-order valence-corrected chi connectivity index (χ1v) is 11.5. The lowest BCUT2D eigenvalue weighted by Gasteiger charge is -2.63. The van der Waals surface area contributed by atoms with Crippen LogP contribution in [0.5, 0.6) is 0 Å². The van der Waals surface area contributed by atoms with Crippen molar-refractivity contribution in [2.75, 3.05) is 0 Å². The fourth-order valence-electron chi connectivity index (χ4n) is 8.51. The zero-order valence-corrected chi connectivity index (χ0v) is 18.1. The molecule has 4 unspecified atom stereocenters. The largest absolute Gasteiger partial charge is 0.344 e. The van der Waals surface area contributed by atoms with Crippen molar-refractivity contribution < 1.29 is 18.3 Å². The van der Waals surface area contributed by atoms with Gasteiger partial charge in [-0.2, -0.15) is 8.78 Å². The van der Waals surface area contributed by atoms with Crippen LogP contribution in [-0.4, -0.2) is 18.0 Å². The SMILES string of the molecule is C[C@H]1CC[C@]2(C)C3CC[C@]4(C)C(=C(F)F)CCC4C3[C@H]3OC(C)(C)O[C@@H]3C2C1. The monoisotopic (exact) mass is 394 g/mol. The van der Waals surface area contributed by atoms with E-state index in [1.165, 1.54) is 19.3 Å². The maximum atomic E-state index is 13.8. The Bertz CT molecular complexity index is 699. The topological polar surface area (TPSA) is 18.5 Å². The minimum absolute atomic E-state index is 0.0648. The minimum Gasteiger partial charge on any atom is -0.344 e. The Morgan fingerprint density at radius 3 is 2.32 bits per heavy atom. The average Bonchev–Trinajstić information content (AvgIpc) is 3.12. The molecule has 9 atom stereocenters. The van der Waals surface area contributed by atoms with Gasteiger partial charge in [0.15, 0.2) is 5.79 Å². The smallest absolute Gasteiger partial charge is 0.270 e. The molecule has 4 aliphatic carbocycles. The Morgan fingerprint density at radius 1 is 0.893 bits per heavy atom. The van der Waals surface area contributed by atoms with Crippen molar-refractivity contribution in [1.82, 2.24) is 0 Å². The number of ether oxygens (including phenoxy) is 2. The standard InChI is InChI=1S/C24H36F2O2/c1-13-8-10-24(5)15-9-11-23(4)14(6-7-16(23)21(25)26)18(15)20-19(17(24)12-13)27-22(2,3)28-20/h13-15,17-20H,6-12H2,1-5H3/t13-,14?,15?,17?,18?,19+,20+,23-,24+/m0/s1. The van der Waals surface area contributed by atoms with Crippen molar-refractivity contribution in [3.05, 3.63) is 11.7 Å². The van der Waals surface area contributed by atoms with Crippen molar-refractivity contribution in [1.29, 1.82) is 0 Å². The summed E-state index contributed by atoms with van der Waals surface area (Å²) in [5.74, 6) is 1.91. The Kier molecular flexibility index (Phi) is 4.20. The number of allylic oxidation sites excluding steroid dienone is 1. The van der Waals surface area contributed by atoms with Crippen molar-refractivity contribution in [2.24, 2.45) is 40.4 Å². The van der Waals surface area contributed by atoms with Gasteiger partial charge in [0.05, 0.1) is 12.2 Å². The maximum absolute atomic E-state index is 13.8. The van der Waals surface area contributed by atoms with Gasteiger partial charge in [-0.1, -0.05) is 27.2 Å². The zero-order chi connectivity index (χ0) is 20.1. The van der Waals surface area contributed by atoms with E-state index in [4.69, 9.17) is 9.47 Å². The summed E-state index contributed by atoms with van der Waals surface area (Å²) in [5, 5.41) is 0. The molecule has 5 rings (SSSR count). The van der Waals surface area contributed by atoms with Gasteiger partial charge in [0.25, 0.3) is 6.08 Å². The van der Waals surface area contributed by atoms with Crippen LogP contribution in [0.2, 0.25) is 0 Å². The molecule has 1 saturated heterocycles. The molecule has 4 saturated carbocycles. The second kappa shape index (κ2) is 6.03. The number of hydrogen-bond donors (Lipinski definition) is 0. The molecule has 158 valence electrons. The van der Waals surface area contributed by atoms with Gasteiger partial charge in [-0.25, -0.2) is 0 Å². The van der Waals surface area contributed by atoms with Crippen LogP contribution in [0, 0.1) is 40.4 Å². The van der Waals surface area contributed by atoms with E-state index in [1.54, 1.807) is 0 Å². The highest BCUT2D eigenvalue weighted by atomic mass is 19.3. The van der Waals surface area contributed by atoms with Crippen LogP contribution in [0.4, 0.5) is 8.78 Å². The van der Waals surface area contributed by atoms with E-state index in [1.807, 2.05) is 13.8 Å². The second-order valence-corrected chi connectivity index (χ2v) is 11.6. The van der Waals surface area contributed by atoms with Gasteiger partial charge in [0.1, 0.15) is 0 Å². The molecule has 0 N–H and O–H groups in total. The molecule has 0 aromatic carbocycles. The normalized spacial score (nSPS) is 54.5. The summed E-state index contributed by atoms with van der Waals surface area (Å²) in [7, 11) is 0. The molecule has 2 nitrogen and oxygen atoms in total. The molecule has 1 aliphatic heterocycles. The summed E-state index contributed by atoms with van der Waals surface area (Å²) >= 11 is 0. The van der Waals surface area contributed by atoms with E-state index in [0.29, 0.717) is 35.7 Å². The van der Waals surface area contributed by atoms with Crippen LogP contribution in [-0.2, 0) is 9.47 Å². The molecule has 0 aromatic rings. The van der Waals surface area contributed by atoms with Crippen LogP contribution in [0.3, 0.4) is 0 Å². The first-order valence-electron chi connectivity index (χ1n) is 11.5. The van der Waals surface area contributed by atoms with Crippen LogP contribution in [0.1, 0.15) is 79.6 Å². The van der Waals surface area contributed by atoms with E-state index in [-0.39, 0.29) is 23.0 Å². The highest BCUT2D eigenvalue weighted by molar-refractivity contribution is 5.26. The molecular formula is C24H36F2O2. The van der Waals surface area contributed by atoms with Gasteiger partial charge in [0.2, 0.25) is 0 Å². The number of fused-ring (bicyclic) bond motifs is 8. The fraction of sp³-hybridized carbons (Fsp3) is 0.917. The average molecular weight is 395 g/mol. The number of rotatable bonds is 0. The van der Waals surface area contributed by atoms with Crippen LogP contribution in [0.15, 0.2) is 11.7 Å². The molecule has 0 bridgehead atoms. The Morgan fingerprint density at radius 2 is 1.61 bits per heavy atom. The maximum Gasteiger partial charge on any atom is 0.270 e. The van der Waals surface area contributed by atoms with E-state index in [9.17, 15) is 8.78 Å². The van der Waals surface area contributed by atoms with Gasteiger partial charge in [-0.05, 0) is 92.8 Å². The molecule has 5 fully saturated rings. The van der Waals surface area contributed by atoms with Crippen LogP contribution < -0.4 is 0 Å². The highest BCUT2D eigenvalue weighted by Crippen LogP contribution is 2.69. The number of hydrogen-bond acceptors (Lipinski definition) is 2. The van der Waals surface area contributed by atoms with Crippen LogP contribution in [0.25, 0.3) is 0 Å². The fourth-order valence-corrected chi connectivity index (χ4v) is 8.51. The molecule has 5 aliphatic rings. The lowest BCUT2D eigenvalue weighted by atomic mass is 9.43. The third-order valence-corrected chi connectivity index (χ3v) is 9.81. The zero-order valence-electron chi connectivity index (χ0n) is 18.1. The summed E-state index contributed by atoms with van der Waals surface area (Å²) in [6.07, 6.45) is 5.92. The molecule has 4 heteroatoms. The summed E-state index contributed by atoms with van der Waals surface area (Å²) in [6, 6.07) is 0. The predicted octanol–water partition coefficient (Wildman–Crippen LogP) is 6.56. The van der Waals surface area contributed by atoms with E-state index in [0.717, 1.165) is 25.2 Å². The molecular weight excluding hydrogens is 358 g/mol. The summed E-state index contributed by atoms with van der Waals surface area (Å²) in [5.41, 5.74) is 0.339. The van der Waals surface area contributed by atoms with Gasteiger partial charge in [-0.15, -0.1) is 0 Å². The van der Waals surface area contributed by atoms with Crippen molar-refractivity contribution in [3.63, 3.8) is 0 Å². The third-order valence-electron chi connectivity index (χ3n) is 9.81. The van der Waals surface area contributed by atoms with Crippen molar-refractivity contribution in [2.45, 2.75) is 97.6 Å². The lowest BCUT2D eigenvalue weighted by Crippen LogP contribution is -2.62. The third kappa shape index (κ3) is 2.49. The second-order valence-electron chi connectivity index (χ2n) is 11.6. The van der Waals surface area contributed by atoms with Crippen molar-refractivity contribution in [3.8, 4) is 0 Å². The molecule has 0 amide bonds. The van der Waals surface area contributed by atoms with Gasteiger partial charge < -0.3 is 9.47 Å². The van der Waals surface area contributed by atoms with E-state index in [2.05, 4.69) is 20.8 Å². The number of halogens is 2. The predicted molar refractivity (Wildman–Crippen MR) is 105 cm³/mol. The molecule has 28 heavy (non-hydrogen) atoms. The Hall–Kier alpha value is -0.480. The van der Waals surface area contributed by atoms with Crippen molar-refractivity contribution >= 4 is 0 Å². The minimum atomic E-state index is -1.42. The molecule has 0 radical (unpaired) electrons. The summed E-state index contributed by atoms with van der Waals surface area (Å²) in [6.45, 7) is 11.1.